The van der Waals surface area contributed by atoms with E-state index in [-0.39, 0.29) is 5.82 Å². The summed E-state index contributed by atoms with van der Waals surface area (Å²) in [6, 6.07) is 12.5. The summed E-state index contributed by atoms with van der Waals surface area (Å²) in [7, 11) is 0. The van der Waals surface area contributed by atoms with Gasteiger partial charge in [-0.05, 0) is 58.2 Å². The van der Waals surface area contributed by atoms with Crippen LogP contribution in [0.15, 0.2) is 46.9 Å². The maximum Gasteiger partial charge on any atom is 0.125 e. The molecule has 0 saturated heterocycles. The Morgan fingerprint density at radius 1 is 1.15 bits per heavy atom. The van der Waals surface area contributed by atoms with Crippen molar-refractivity contribution in [2.24, 2.45) is 0 Å². The van der Waals surface area contributed by atoms with Crippen molar-refractivity contribution in [1.29, 1.82) is 0 Å². The fourth-order valence-corrected chi connectivity index (χ4v) is 2.14. The number of benzene rings is 2. The molecule has 0 aliphatic carbocycles. The monoisotopic (exact) mass is 337 g/mol. The molecular formula is C16H17BrFNO. The zero-order valence-corrected chi connectivity index (χ0v) is 12.9. The van der Waals surface area contributed by atoms with E-state index in [0.29, 0.717) is 6.54 Å². The molecule has 0 aliphatic heterocycles. The molecule has 106 valence electrons. The van der Waals surface area contributed by atoms with E-state index in [1.807, 2.05) is 24.3 Å². The minimum Gasteiger partial charge on any atom is -0.494 e. The summed E-state index contributed by atoms with van der Waals surface area (Å²) in [5.74, 6) is 0.626. The molecule has 0 aliphatic rings. The van der Waals surface area contributed by atoms with E-state index < -0.39 is 0 Å². The first-order chi connectivity index (χ1) is 9.69. The molecule has 2 aromatic carbocycles. The van der Waals surface area contributed by atoms with Crippen LogP contribution in [0, 0.1) is 5.82 Å². The molecule has 0 radical (unpaired) electrons. The van der Waals surface area contributed by atoms with Crippen molar-refractivity contribution in [3.05, 3.63) is 58.3 Å². The second kappa shape index (κ2) is 7.29. The normalized spacial score (nSPS) is 10.3. The van der Waals surface area contributed by atoms with Gasteiger partial charge < -0.3 is 10.1 Å². The van der Waals surface area contributed by atoms with Gasteiger partial charge in [0.15, 0.2) is 0 Å². The molecule has 0 saturated carbocycles. The minimum atomic E-state index is -0.251. The maximum atomic E-state index is 13.2. The highest BCUT2D eigenvalue weighted by Gasteiger charge is 2.02. The third-order valence-corrected chi connectivity index (χ3v) is 3.50. The fraction of sp³-hybridized carbons (Fsp3) is 0.250. The van der Waals surface area contributed by atoms with Crippen LogP contribution in [-0.4, -0.2) is 6.61 Å². The van der Waals surface area contributed by atoms with Crippen molar-refractivity contribution >= 4 is 21.6 Å². The number of hydrogen-bond donors (Lipinski definition) is 1. The van der Waals surface area contributed by atoms with Crippen molar-refractivity contribution in [3.8, 4) is 5.75 Å². The molecule has 0 heterocycles. The average Bonchev–Trinajstić information content (AvgIpc) is 2.47. The van der Waals surface area contributed by atoms with Crippen LogP contribution in [0.1, 0.15) is 18.9 Å². The van der Waals surface area contributed by atoms with E-state index in [4.69, 9.17) is 4.74 Å². The van der Waals surface area contributed by atoms with Crippen LogP contribution in [0.2, 0.25) is 0 Å². The van der Waals surface area contributed by atoms with Crippen molar-refractivity contribution in [3.63, 3.8) is 0 Å². The molecule has 0 unspecified atom stereocenters. The van der Waals surface area contributed by atoms with Crippen molar-refractivity contribution in [2.45, 2.75) is 19.9 Å². The fourth-order valence-electron chi connectivity index (χ4n) is 1.75. The molecule has 1 N–H and O–H groups in total. The van der Waals surface area contributed by atoms with Gasteiger partial charge in [-0.25, -0.2) is 4.39 Å². The van der Waals surface area contributed by atoms with E-state index in [0.717, 1.165) is 34.5 Å². The summed E-state index contributed by atoms with van der Waals surface area (Å²) in [5.41, 5.74) is 1.86. The predicted octanol–water partition coefficient (Wildman–Crippen LogP) is 4.99. The molecule has 0 fully saturated rings. The summed E-state index contributed by atoms with van der Waals surface area (Å²) in [5, 5.41) is 3.20. The molecular weight excluding hydrogens is 321 g/mol. The van der Waals surface area contributed by atoms with Gasteiger partial charge in [-0.3, -0.25) is 0 Å². The summed E-state index contributed by atoms with van der Waals surface area (Å²) in [4.78, 5) is 0. The number of hydrogen-bond acceptors (Lipinski definition) is 2. The lowest BCUT2D eigenvalue weighted by Crippen LogP contribution is -2.01. The SMILES string of the molecule is CCCOc1ccc(CNc2cc(F)ccc2Br)cc1. The molecule has 4 heteroatoms. The van der Waals surface area contributed by atoms with Crippen LogP contribution in [0.3, 0.4) is 0 Å². The molecule has 0 bridgehead atoms. The van der Waals surface area contributed by atoms with E-state index in [2.05, 4.69) is 28.2 Å². The maximum absolute atomic E-state index is 13.2. The third kappa shape index (κ3) is 4.23. The first-order valence-corrected chi connectivity index (χ1v) is 7.39. The molecule has 0 atom stereocenters. The Labute approximate surface area is 127 Å². The number of ether oxygens (including phenoxy) is 1. The number of anilines is 1. The number of nitrogens with one attached hydrogen (secondary N) is 1. The van der Waals surface area contributed by atoms with Gasteiger partial charge in [0.1, 0.15) is 11.6 Å². The van der Waals surface area contributed by atoms with Gasteiger partial charge in [0.2, 0.25) is 0 Å². The number of halogens is 2. The lowest BCUT2D eigenvalue weighted by molar-refractivity contribution is 0.317. The smallest absolute Gasteiger partial charge is 0.125 e. The van der Waals surface area contributed by atoms with Crippen molar-refractivity contribution in [2.75, 3.05) is 11.9 Å². The summed E-state index contributed by atoms with van der Waals surface area (Å²) >= 11 is 3.39. The Bertz CT molecular complexity index is 557. The highest BCUT2D eigenvalue weighted by atomic mass is 79.9. The molecule has 0 amide bonds. The van der Waals surface area contributed by atoms with E-state index >= 15 is 0 Å². The molecule has 2 rings (SSSR count). The first-order valence-electron chi connectivity index (χ1n) is 6.59. The van der Waals surface area contributed by atoms with Gasteiger partial charge in [0.25, 0.3) is 0 Å². The first kappa shape index (κ1) is 14.9. The van der Waals surface area contributed by atoms with Crippen molar-refractivity contribution in [1.82, 2.24) is 0 Å². The standard InChI is InChI=1S/C16H17BrFNO/c1-2-9-20-14-6-3-12(4-7-14)11-19-16-10-13(18)5-8-15(16)17/h3-8,10,19H,2,9,11H2,1H3. The Morgan fingerprint density at radius 2 is 1.90 bits per heavy atom. The van der Waals surface area contributed by atoms with Gasteiger partial charge in [0.05, 0.1) is 12.3 Å². The second-order valence-corrected chi connectivity index (χ2v) is 5.32. The van der Waals surface area contributed by atoms with Crippen LogP contribution in [0.4, 0.5) is 10.1 Å². The highest BCUT2D eigenvalue weighted by Crippen LogP contribution is 2.23. The van der Waals surface area contributed by atoms with Crippen LogP contribution in [-0.2, 0) is 6.54 Å². The highest BCUT2D eigenvalue weighted by molar-refractivity contribution is 9.10. The molecule has 20 heavy (non-hydrogen) atoms. The lowest BCUT2D eigenvalue weighted by Gasteiger charge is -2.10. The van der Waals surface area contributed by atoms with Gasteiger partial charge in [-0.15, -0.1) is 0 Å². The summed E-state index contributed by atoms with van der Waals surface area (Å²) in [6.07, 6.45) is 0.997. The minimum absolute atomic E-state index is 0.251. The van der Waals surface area contributed by atoms with Crippen LogP contribution in [0.25, 0.3) is 0 Å². The molecule has 0 aromatic heterocycles. The Balaban J connectivity index is 1.95. The number of rotatable bonds is 6. The quantitative estimate of drug-likeness (QED) is 0.801. The van der Waals surface area contributed by atoms with E-state index in [1.54, 1.807) is 6.07 Å². The average molecular weight is 338 g/mol. The Hall–Kier alpha value is -1.55. The second-order valence-electron chi connectivity index (χ2n) is 4.47. The summed E-state index contributed by atoms with van der Waals surface area (Å²) in [6.45, 7) is 3.44. The van der Waals surface area contributed by atoms with Crippen LogP contribution < -0.4 is 10.1 Å². The van der Waals surface area contributed by atoms with Gasteiger partial charge in [-0.2, -0.15) is 0 Å². The largest absolute Gasteiger partial charge is 0.494 e. The van der Waals surface area contributed by atoms with Crippen LogP contribution >= 0.6 is 15.9 Å². The van der Waals surface area contributed by atoms with E-state index in [9.17, 15) is 4.39 Å². The van der Waals surface area contributed by atoms with Gasteiger partial charge in [-0.1, -0.05) is 19.1 Å². The van der Waals surface area contributed by atoms with Crippen LogP contribution in [0.5, 0.6) is 5.75 Å². The molecule has 0 spiro atoms. The van der Waals surface area contributed by atoms with Gasteiger partial charge >= 0.3 is 0 Å². The molecule has 2 aromatic rings. The zero-order valence-electron chi connectivity index (χ0n) is 11.3. The van der Waals surface area contributed by atoms with Crippen molar-refractivity contribution < 1.29 is 9.13 Å². The molecule has 2 nitrogen and oxygen atoms in total. The predicted molar refractivity (Wildman–Crippen MR) is 83.7 cm³/mol. The van der Waals surface area contributed by atoms with Gasteiger partial charge in [0, 0.05) is 11.0 Å². The zero-order chi connectivity index (χ0) is 14.4. The third-order valence-electron chi connectivity index (χ3n) is 2.81. The Kier molecular flexibility index (Phi) is 5.41. The lowest BCUT2D eigenvalue weighted by atomic mass is 10.2. The summed E-state index contributed by atoms with van der Waals surface area (Å²) < 4.78 is 19.5. The Morgan fingerprint density at radius 3 is 2.60 bits per heavy atom. The topological polar surface area (TPSA) is 21.3 Å². The van der Waals surface area contributed by atoms with E-state index in [1.165, 1.54) is 12.1 Å².